The number of methoxy groups -OCH3 is 1. The van der Waals surface area contributed by atoms with Crippen molar-refractivity contribution < 1.29 is 32.6 Å². The van der Waals surface area contributed by atoms with Crippen LogP contribution in [0.5, 0.6) is 5.75 Å². The number of ether oxygens (including phenoxy) is 2. The van der Waals surface area contributed by atoms with Crippen LogP contribution in [0.4, 0.5) is 4.79 Å². The Morgan fingerprint density at radius 2 is 1.95 bits per heavy atom. The molecular weight excluding hydrogens is 556 g/mol. The molecule has 0 bridgehead atoms. The third-order valence-corrected chi connectivity index (χ3v) is 8.71. The Balaban J connectivity index is 1.94. The first-order chi connectivity index (χ1) is 18.8. The van der Waals surface area contributed by atoms with Crippen molar-refractivity contribution in [2.75, 3.05) is 19.1 Å². The van der Waals surface area contributed by atoms with Gasteiger partial charge in [-0.2, -0.15) is 0 Å². The van der Waals surface area contributed by atoms with E-state index in [2.05, 4.69) is 15.0 Å². The van der Waals surface area contributed by atoms with E-state index in [1.807, 2.05) is 20.8 Å². The summed E-state index contributed by atoms with van der Waals surface area (Å²) in [6.45, 7) is 6.06. The minimum absolute atomic E-state index is 0.0410. The molecule has 2 aromatic heterocycles. The summed E-state index contributed by atoms with van der Waals surface area (Å²) in [6.07, 6.45) is 5.25. The Morgan fingerprint density at radius 1 is 1.20 bits per heavy atom. The minimum Gasteiger partial charge on any atom is -0.496 e. The molecule has 0 unspecified atom stereocenters. The third kappa shape index (κ3) is 6.09. The summed E-state index contributed by atoms with van der Waals surface area (Å²) >= 11 is 1.29. The number of aromatic nitrogens is 3. The average molecular weight is 589 g/mol. The molecule has 4 rings (SSSR count). The highest BCUT2D eigenvalue weighted by molar-refractivity contribution is 7.90. The molecule has 1 fully saturated rings. The molecule has 11 nitrogen and oxygen atoms in total. The van der Waals surface area contributed by atoms with E-state index in [1.54, 1.807) is 36.0 Å². The zero-order valence-electron chi connectivity index (χ0n) is 22.9. The maximum Gasteiger partial charge on any atom is 0.507 e. The molecule has 1 aliphatic rings. The van der Waals surface area contributed by atoms with Crippen molar-refractivity contribution in [1.29, 1.82) is 0 Å². The quantitative estimate of drug-likeness (QED) is 0.374. The van der Waals surface area contributed by atoms with E-state index in [-0.39, 0.29) is 23.8 Å². The number of carbonyl (C=O) groups excluding carboxylic acids is 1. The van der Waals surface area contributed by atoms with Crippen LogP contribution >= 0.6 is 11.3 Å². The summed E-state index contributed by atoms with van der Waals surface area (Å²) in [5.41, 5.74) is -0.500. The number of hydrogen-bond donors (Lipinski definition) is 1. The van der Waals surface area contributed by atoms with Crippen molar-refractivity contribution in [3.8, 4) is 5.75 Å². The van der Waals surface area contributed by atoms with Gasteiger partial charge in [0.2, 0.25) is 0 Å². The van der Waals surface area contributed by atoms with Crippen molar-refractivity contribution >= 4 is 33.2 Å². The van der Waals surface area contributed by atoms with Gasteiger partial charge in [-0.25, -0.2) is 18.2 Å². The molecule has 0 radical (unpaired) electrons. The van der Waals surface area contributed by atoms with E-state index in [1.165, 1.54) is 35.7 Å². The lowest BCUT2D eigenvalue weighted by Crippen LogP contribution is -2.52. The van der Waals surface area contributed by atoms with Crippen LogP contribution in [0.3, 0.4) is 0 Å². The fourth-order valence-electron chi connectivity index (χ4n) is 5.18. The van der Waals surface area contributed by atoms with Crippen LogP contribution in [0, 0.1) is 0 Å². The number of hydrogen-bond acceptors (Lipinski definition) is 10. The lowest BCUT2D eigenvalue weighted by Gasteiger charge is -2.39. The summed E-state index contributed by atoms with van der Waals surface area (Å²) in [7, 11) is -2.04. The Kier molecular flexibility index (Phi) is 8.18. The van der Waals surface area contributed by atoms with Gasteiger partial charge in [0.25, 0.3) is 5.91 Å². The molecule has 1 saturated heterocycles. The van der Waals surface area contributed by atoms with Crippen molar-refractivity contribution in [2.45, 2.75) is 56.7 Å². The third-order valence-electron chi connectivity index (χ3n) is 6.92. The van der Waals surface area contributed by atoms with Crippen LogP contribution in [-0.2, 0) is 20.0 Å². The molecule has 3 heterocycles. The van der Waals surface area contributed by atoms with Crippen molar-refractivity contribution in [3.05, 3.63) is 70.2 Å². The Labute approximate surface area is 237 Å². The first-order valence-electron chi connectivity index (χ1n) is 12.5. The van der Waals surface area contributed by atoms with Gasteiger partial charge in [0, 0.05) is 60.7 Å². The number of benzene rings is 1. The molecule has 1 amide bonds. The van der Waals surface area contributed by atoms with Crippen molar-refractivity contribution in [2.24, 2.45) is 0 Å². The monoisotopic (exact) mass is 588 g/mol. The van der Waals surface area contributed by atoms with E-state index in [0.29, 0.717) is 16.5 Å². The largest absolute Gasteiger partial charge is 0.507 e. The number of amides is 1. The van der Waals surface area contributed by atoms with Gasteiger partial charge < -0.3 is 14.6 Å². The molecule has 0 spiro atoms. The van der Waals surface area contributed by atoms with Gasteiger partial charge in [0.1, 0.15) is 20.6 Å². The second kappa shape index (κ2) is 11.1. The molecule has 3 aromatic rings. The summed E-state index contributed by atoms with van der Waals surface area (Å²) in [4.78, 5) is 41.0. The number of carbonyl (C=O) groups is 2. The molecule has 0 aliphatic carbocycles. The van der Waals surface area contributed by atoms with Crippen LogP contribution < -0.4 is 4.74 Å². The van der Waals surface area contributed by atoms with Gasteiger partial charge in [0.15, 0.2) is 5.72 Å². The summed E-state index contributed by atoms with van der Waals surface area (Å²) in [6, 6.07) is 4.26. The Hall–Kier alpha value is -3.58. The highest BCUT2D eigenvalue weighted by Crippen LogP contribution is 2.54. The highest BCUT2D eigenvalue weighted by atomic mass is 32.2. The van der Waals surface area contributed by atoms with Crippen molar-refractivity contribution in [3.63, 3.8) is 0 Å². The Morgan fingerprint density at radius 3 is 2.50 bits per heavy atom. The predicted molar refractivity (Wildman–Crippen MR) is 148 cm³/mol. The fourth-order valence-corrected chi connectivity index (χ4v) is 6.67. The Bertz CT molecular complexity index is 1470. The predicted octanol–water partition coefficient (Wildman–Crippen LogP) is 4.44. The van der Waals surface area contributed by atoms with Gasteiger partial charge in [-0.05, 0) is 23.1 Å². The second-order valence-corrected chi connectivity index (χ2v) is 14.0. The topological polar surface area (TPSA) is 149 Å². The smallest absolute Gasteiger partial charge is 0.496 e. The van der Waals surface area contributed by atoms with Crippen LogP contribution in [0.1, 0.15) is 72.2 Å². The summed E-state index contributed by atoms with van der Waals surface area (Å²) in [5, 5.41) is 12.1. The van der Waals surface area contributed by atoms with Gasteiger partial charge in [0.05, 0.1) is 24.6 Å². The van der Waals surface area contributed by atoms with Crippen LogP contribution in [0.15, 0.2) is 48.4 Å². The van der Waals surface area contributed by atoms with Crippen LogP contribution in [0.2, 0.25) is 0 Å². The average Bonchev–Trinajstić information content (AvgIpc) is 3.52. The molecule has 0 saturated carbocycles. The first kappa shape index (κ1) is 29.4. The molecule has 40 heavy (non-hydrogen) atoms. The number of carboxylic acid groups (broad SMARTS) is 1. The maximum absolute atomic E-state index is 14.5. The molecular formula is C27H32N4O7S2. The maximum atomic E-state index is 14.5. The van der Waals surface area contributed by atoms with Gasteiger partial charge in [-0.3, -0.25) is 19.7 Å². The summed E-state index contributed by atoms with van der Waals surface area (Å²) < 4.78 is 35.7. The fraction of sp³-hybridized carbons (Fsp3) is 0.444. The van der Waals surface area contributed by atoms with Gasteiger partial charge >= 0.3 is 6.16 Å². The highest BCUT2D eigenvalue weighted by Gasteiger charge is 2.59. The zero-order chi connectivity index (χ0) is 29.3. The number of likely N-dealkylation sites (tertiary alicyclic amines) is 1. The molecule has 3 atom stereocenters. The normalized spacial score (nSPS) is 21.3. The molecule has 1 aromatic carbocycles. The lowest BCUT2D eigenvalue weighted by atomic mass is 9.85. The second-order valence-electron chi connectivity index (χ2n) is 10.8. The van der Waals surface area contributed by atoms with E-state index >= 15 is 0 Å². The molecule has 1 N–H and O–H groups in total. The molecule has 13 heteroatoms. The lowest BCUT2D eigenvalue weighted by molar-refractivity contribution is -0.0988. The van der Waals surface area contributed by atoms with E-state index in [4.69, 9.17) is 9.47 Å². The van der Waals surface area contributed by atoms with Crippen LogP contribution in [0.25, 0.3) is 0 Å². The number of thiazole rings is 1. The summed E-state index contributed by atoms with van der Waals surface area (Å²) in [5.74, 6) is -1.05. The van der Waals surface area contributed by atoms with E-state index in [9.17, 15) is 23.1 Å². The van der Waals surface area contributed by atoms with Gasteiger partial charge in [-0.15, -0.1) is 11.3 Å². The van der Waals surface area contributed by atoms with Crippen LogP contribution in [-0.4, -0.2) is 70.3 Å². The number of sulfone groups is 1. The standard InChI is InChI=1S/C27H32N4O7S2/c1-26(2,3)19-7-6-17(14-21(19)37-4)24(32)31-22(23-30-11-12-39-23)18(20-16-28-9-10-29-20)15-27(31,38-25(33)34)8-13-40(5,35)36/h6-7,9-12,14,16,18,22H,8,13,15H2,1-5H3,(H,33,34)/t18-,22-,27-/m1/s1. The van der Waals surface area contributed by atoms with E-state index in [0.717, 1.165) is 11.8 Å². The molecule has 1 aliphatic heterocycles. The SMILES string of the molecule is COc1cc(C(=O)N2[C@@H](c3nccs3)[C@@H](c3cnccn3)C[C@@]2(CCS(C)(=O)=O)OC(=O)O)ccc1C(C)(C)C. The number of rotatable bonds is 8. The number of nitrogens with zero attached hydrogens (tertiary/aromatic N) is 4. The first-order valence-corrected chi connectivity index (χ1v) is 15.5. The van der Waals surface area contributed by atoms with E-state index < -0.39 is 45.3 Å². The van der Waals surface area contributed by atoms with Gasteiger partial charge in [-0.1, -0.05) is 26.8 Å². The minimum atomic E-state index is -3.56. The molecule has 214 valence electrons. The zero-order valence-corrected chi connectivity index (χ0v) is 24.5. The van der Waals surface area contributed by atoms with Crippen molar-refractivity contribution in [1.82, 2.24) is 19.9 Å².